The van der Waals surface area contributed by atoms with Gasteiger partial charge in [0.2, 0.25) is 0 Å². The van der Waals surface area contributed by atoms with E-state index in [1.165, 1.54) is 13.1 Å². The van der Waals surface area contributed by atoms with Crippen molar-refractivity contribution in [3.05, 3.63) is 0 Å². The molecule has 0 aromatic rings. The van der Waals surface area contributed by atoms with Crippen molar-refractivity contribution >= 4 is 5.96 Å². The molecule has 5 nitrogen and oxygen atoms in total. The van der Waals surface area contributed by atoms with Gasteiger partial charge in [0.1, 0.15) is 0 Å². The predicted molar refractivity (Wildman–Crippen MR) is 82.5 cm³/mol. The van der Waals surface area contributed by atoms with Crippen molar-refractivity contribution in [2.75, 3.05) is 45.8 Å². The first-order chi connectivity index (χ1) is 9.02. The van der Waals surface area contributed by atoms with E-state index < -0.39 is 0 Å². The van der Waals surface area contributed by atoms with Gasteiger partial charge in [-0.3, -0.25) is 9.89 Å². The monoisotopic (exact) mass is 269 g/mol. The van der Waals surface area contributed by atoms with Crippen LogP contribution in [0.1, 0.15) is 27.7 Å². The average Bonchev–Trinajstić information content (AvgIpc) is 2.42. The third-order valence-corrected chi connectivity index (χ3v) is 3.68. The fourth-order valence-electron chi connectivity index (χ4n) is 2.24. The highest BCUT2D eigenvalue weighted by atomic mass is 15.3. The van der Waals surface area contributed by atoms with E-state index in [-0.39, 0.29) is 0 Å². The first-order valence-electron chi connectivity index (χ1n) is 7.53. The lowest BCUT2D eigenvalue weighted by Gasteiger charge is -2.37. The molecule has 1 aliphatic heterocycles. The van der Waals surface area contributed by atoms with Gasteiger partial charge < -0.3 is 16.0 Å². The molecule has 0 aromatic carbocycles. The van der Waals surface area contributed by atoms with E-state index in [0.29, 0.717) is 17.9 Å². The van der Waals surface area contributed by atoms with Crippen LogP contribution in [0.4, 0.5) is 0 Å². The van der Waals surface area contributed by atoms with Gasteiger partial charge in [0.05, 0.1) is 0 Å². The summed E-state index contributed by atoms with van der Waals surface area (Å²) in [5, 5.41) is 3.23. The van der Waals surface area contributed by atoms with Crippen LogP contribution < -0.4 is 11.1 Å². The summed E-state index contributed by atoms with van der Waals surface area (Å²) in [5.41, 5.74) is 5.86. The van der Waals surface area contributed by atoms with Gasteiger partial charge in [-0.15, -0.1) is 0 Å². The van der Waals surface area contributed by atoms with Gasteiger partial charge in [-0.25, -0.2) is 0 Å². The van der Waals surface area contributed by atoms with Crippen LogP contribution in [0.3, 0.4) is 0 Å². The zero-order chi connectivity index (χ0) is 14.3. The van der Waals surface area contributed by atoms with Gasteiger partial charge in [0.25, 0.3) is 0 Å². The number of nitrogens with one attached hydrogen (secondary N) is 1. The number of guanidine groups is 1. The largest absolute Gasteiger partial charge is 0.370 e. The Balaban J connectivity index is 2.24. The van der Waals surface area contributed by atoms with Gasteiger partial charge in [0, 0.05) is 45.3 Å². The lowest BCUT2D eigenvalue weighted by Crippen LogP contribution is -2.52. The summed E-state index contributed by atoms with van der Waals surface area (Å²) in [5.74, 6) is 1.13. The normalized spacial score (nSPS) is 20.8. The Hall–Kier alpha value is -0.810. The zero-order valence-corrected chi connectivity index (χ0v) is 13.0. The maximum atomic E-state index is 5.86. The van der Waals surface area contributed by atoms with E-state index in [0.717, 1.165) is 32.7 Å². The predicted octanol–water partition coefficient (Wildman–Crippen LogP) is 0.573. The van der Waals surface area contributed by atoms with Crippen LogP contribution in [0.2, 0.25) is 0 Å². The quantitative estimate of drug-likeness (QED) is 0.547. The number of hydrogen-bond donors (Lipinski definition) is 2. The van der Waals surface area contributed by atoms with Crippen molar-refractivity contribution in [3.8, 4) is 0 Å². The third-order valence-electron chi connectivity index (χ3n) is 3.68. The molecule has 19 heavy (non-hydrogen) atoms. The molecule has 3 N–H and O–H groups in total. The van der Waals surface area contributed by atoms with Gasteiger partial charge in [0.15, 0.2) is 5.96 Å². The maximum absolute atomic E-state index is 5.86. The SMILES string of the molecule is CCN1CCN(C(C)CNC(N)=NCC(C)C)CC1. The standard InChI is InChI=1S/C14H31N5/c1-5-18-6-8-19(9-7-18)13(4)11-17-14(15)16-10-12(2)3/h12-13H,5-11H2,1-4H3,(H3,15,16,17). The molecule has 0 radical (unpaired) electrons. The number of hydrogen-bond acceptors (Lipinski definition) is 3. The van der Waals surface area contributed by atoms with Gasteiger partial charge >= 0.3 is 0 Å². The molecular weight excluding hydrogens is 238 g/mol. The molecule has 0 aromatic heterocycles. The van der Waals surface area contributed by atoms with Gasteiger partial charge in [-0.2, -0.15) is 0 Å². The van der Waals surface area contributed by atoms with Crippen molar-refractivity contribution in [2.45, 2.75) is 33.7 Å². The fraction of sp³-hybridized carbons (Fsp3) is 0.929. The molecular formula is C14H31N5. The summed E-state index contributed by atoms with van der Waals surface area (Å²) in [7, 11) is 0. The Morgan fingerprint density at radius 1 is 1.21 bits per heavy atom. The second-order valence-corrected chi connectivity index (χ2v) is 5.82. The van der Waals surface area contributed by atoms with E-state index in [4.69, 9.17) is 5.73 Å². The van der Waals surface area contributed by atoms with Crippen LogP contribution in [-0.2, 0) is 0 Å². The van der Waals surface area contributed by atoms with Crippen molar-refractivity contribution in [2.24, 2.45) is 16.6 Å². The summed E-state index contributed by atoms with van der Waals surface area (Å²) in [6.45, 7) is 16.3. The van der Waals surface area contributed by atoms with Crippen molar-refractivity contribution in [1.82, 2.24) is 15.1 Å². The summed E-state index contributed by atoms with van der Waals surface area (Å²) < 4.78 is 0. The molecule has 1 aliphatic rings. The summed E-state index contributed by atoms with van der Waals surface area (Å²) in [6.07, 6.45) is 0. The summed E-state index contributed by atoms with van der Waals surface area (Å²) in [6, 6.07) is 0.506. The Morgan fingerprint density at radius 3 is 2.37 bits per heavy atom. The molecule has 5 heteroatoms. The van der Waals surface area contributed by atoms with E-state index in [1.54, 1.807) is 0 Å². The number of piperazine rings is 1. The highest BCUT2D eigenvalue weighted by molar-refractivity contribution is 5.77. The molecule has 1 saturated heterocycles. The van der Waals surface area contributed by atoms with Crippen LogP contribution in [0, 0.1) is 5.92 Å². The first-order valence-corrected chi connectivity index (χ1v) is 7.53. The third kappa shape index (κ3) is 6.25. The summed E-state index contributed by atoms with van der Waals surface area (Å²) in [4.78, 5) is 9.34. The Morgan fingerprint density at radius 2 is 1.84 bits per heavy atom. The molecule has 0 saturated carbocycles. The zero-order valence-electron chi connectivity index (χ0n) is 13.0. The van der Waals surface area contributed by atoms with Crippen molar-refractivity contribution < 1.29 is 0 Å². The Labute approximate surface area is 118 Å². The highest BCUT2D eigenvalue weighted by Crippen LogP contribution is 2.05. The molecule has 1 unspecified atom stereocenters. The lowest BCUT2D eigenvalue weighted by molar-refractivity contribution is 0.107. The lowest BCUT2D eigenvalue weighted by atomic mass is 10.2. The van der Waals surface area contributed by atoms with E-state index in [1.807, 2.05) is 0 Å². The Bertz CT molecular complexity index is 269. The van der Waals surface area contributed by atoms with Crippen LogP contribution in [-0.4, -0.2) is 67.6 Å². The smallest absolute Gasteiger partial charge is 0.188 e. The number of rotatable bonds is 6. The number of aliphatic imine (C=N–C) groups is 1. The molecule has 0 bridgehead atoms. The van der Waals surface area contributed by atoms with Crippen LogP contribution in [0.5, 0.6) is 0 Å². The van der Waals surface area contributed by atoms with E-state index in [9.17, 15) is 0 Å². The molecule has 1 heterocycles. The van der Waals surface area contributed by atoms with E-state index in [2.05, 4.69) is 47.8 Å². The molecule has 1 atom stereocenters. The number of nitrogens with two attached hydrogens (primary N) is 1. The van der Waals surface area contributed by atoms with E-state index >= 15 is 0 Å². The van der Waals surface area contributed by atoms with Crippen molar-refractivity contribution in [1.29, 1.82) is 0 Å². The van der Waals surface area contributed by atoms with Gasteiger partial charge in [-0.1, -0.05) is 20.8 Å². The highest BCUT2D eigenvalue weighted by Gasteiger charge is 2.19. The fourth-order valence-corrected chi connectivity index (χ4v) is 2.24. The first kappa shape index (κ1) is 16.2. The molecule has 0 aliphatic carbocycles. The number of nitrogens with zero attached hydrogens (tertiary/aromatic N) is 3. The molecule has 112 valence electrons. The topological polar surface area (TPSA) is 56.9 Å². The maximum Gasteiger partial charge on any atom is 0.188 e. The van der Waals surface area contributed by atoms with Gasteiger partial charge in [-0.05, 0) is 19.4 Å². The minimum Gasteiger partial charge on any atom is -0.370 e. The molecule has 0 spiro atoms. The second kappa shape index (κ2) is 8.38. The minimum absolute atomic E-state index is 0.506. The minimum atomic E-state index is 0.506. The Kier molecular flexibility index (Phi) is 7.16. The van der Waals surface area contributed by atoms with Crippen LogP contribution in [0.25, 0.3) is 0 Å². The average molecular weight is 269 g/mol. The molecule has 1 rings (SSSR count). The second-order valence-electron chi connectivity index (χ2n) is 5.82. The van der Waals surface area contributed by atoms with Crippen LogP contribution in [0.15, 0.2) is 4.99 Å². The molecule has 1 fully saturated rings. The van der Waals surface area contributed by atoms with Crippen molar-refractivity contribution in [3.63, 3.8) is 0 Å². The number of likely N-dealkylation sites (N-methyl/N-ethyl adjacent to an activating group) is 1. The molecule has 0 amide bonds. The summed E-state index contributed by atoms with van der Waals surface area (Å²) >= 11 is 0. The van der Waals surface area contributed by atoms with Crippen LogP contribution >= 0.6 is 0 Å².